The highest BCUT2D eigenvalue weighted by molar-refractivity contribution is 7.31. The molecule has 14 rings (SSSR count). The van der Waals surface area contributed by atoms with Gasteiger partial charge in [0.2, 0.25) is 0 Å². The van der Waals surface area contributed by atoms with E-state index in [1.165, 1.54) is 68.4 Å². The number of benzene rings is 9. The molecule has 0 amide bonds. The molecule has 5 heterocycles. The number of furan rings is 1. The molecule has 14 aromatic rings. The van der Waals surface area contributed by atoms with E-state index in [1.54, 1.807) is 0 Å². The van der Waals surface area contributed by atoms with E-state index in [9.17, 15) is 0 Å². The van der Waals surface area contributed by atoms with E-state index < -0.39 is 8.07 Å². The molecule has 0 N–H and O–H groups in total. The molecular weight excluding hydrogens is 827 g/mol. The van der Waals surface area contributed by atoms with Gasteiger partial charge in [0.05, 0.1) is 43.7 Å². The Balaban J connectivity index is 1.10. The first kappa shape index (κ1) is 36.5. The summed E-state index contributed by atoms with van der Waals surface area (Å²) in [4.78, 5) is 4.87. The van der Waals surface area contributed by atoms with Crippen LogP contribution in [0.25, 0.3) is 97.2 Å². The van der Waals surface area contributed by atoms with E-state index in [0.29, 0.717) is 0 Å². The third-order valence-corrected chi connectivity index (χ3v) is 20.0. The highest BCUT2D eigenvalue weighted by atomic mass is 32.1. The van der Waals surface area contributed by atoms with E-state index in [4.69, 9.17) is 9.40 Å². The van der Waals surface area contributed by atoms with Gasteiger partial charge < -0.3 is 13.6 Å². The Hall–Kier alpha value is -8.03. The third-order valence-electron chi connectivity index (χ3n) is 13.7. The number of fused-ring (bicyclic) bond motifs is 12. The van der Waals surface area contributed by atoms with Crippen molar-refractivity contribution in [2.45, 2.75) is 0 Å². The number of nitrogens with zero attached hydrogens (tertiary/aromatic N) is 3. The second kappa shape index (κ2) is 14.0. The minimum atomic E-state index is -3.20. The molecule has 0 radical (unpaired) electrons. The van der Waals surface area contributed by atoms with E-state index >= 15 is 0 Å². The Kier molecular flexibility index (Phi) is 7.84. The zero-order valence-corrected chi connectivity index (χ0v) is 36.8. The third kappa shape index (κ3) is 5.03. The summed E-state index contributed by atoms with van der Waals surface area (Å²) in [5.41, 5.74) is 9.55. The Morgan fingerprint density at radius 2 is 0.831 bits per heavy atom. The molecule has 0 aliphatic heterocycles. The van der Waals surface area contributed by atoms with Gasteiger partial charge in [-0.15, -0.1) is 11.3 Å². The molecule has 0 aliphatic rings. The topological polar surface area (TPSA) is 35.9 Å². The van der Waals surface area contributed by atoms with Crippen LogP contribution in [-0.4, -0.2) is 22.2 Å². The molecule has 9 aromatic carbocycles. The highest BCUT2D eigenvalue weighted by Crippen LogP contribution is 2.42. The SMILES string of the molecule is c1ccc([Si](c2ccccc2)(c2cccc3c2oc2c(-n4c5ccccc5c5ncccc54)cccc23)c2cccc3c2sc2c(-n4c5ccccc5c5ccccc54)cccc23)cc1. The van der Waals surface area contributed by atoms with E-state index in [-0.39, 0.29) is 0 Å². The summed E-state index contributed by atoms with van der Waals surface area (Å²) >= 11 is 1.93. The van der Waals surface area contributed by atoms with Crippen LogP contribution >= 0.6 is 11.3 Å². The van der Waals surface area contributed by atoms with Crippen molar-refractivity contribution < 1.29 is 4.42 Å². The molecule has 304 valence electrons. The minimum absolute atomic E-state index is 0.862. The standard InChI is InChI=1S/C59H37N3OSSi/c1-3-18-38(19-4-1)65(39-20-5-2-6-21-39,53-35-15-26-43-42-25-13-32-51(56(42)63-57(43)53)62-49-31-12-9-24-46(49)55-50(62)34-17-37-60-55)54-36-16-28-45-44-27-14-33-52(58(44)64-59(45)54)61-47-29-10-7-22-40(47)41-23-8-11-30-48(41)61/h1-37H. The number of rotatable bonds is 6. The zero-order valence-electron chi connectivity index (χ0n) is 35.0. The molecule has 0 aliphatic carbocycles. The lowest BCUT2D eigenvalue weighted by Gasteiger charge is -2.34. The monoisotopic (exact) mass is 863 g/mol. The minimum Gasteiger partial charge on any atom is -0.454 e. The summed E-state index contributed by atoms with van der Waals surface area (Å²) in [6.45, 7) is 0. The van der Waals surface area contributed by atoms with Crippen LogP contribution in [-0.2, 0) is 0 Å². The number of hydrogen-bond acceptors (Lipinski definition) is 3. The average molecular weight is 864 g/mol. The van der Waals surface area contributed by atoms with Crippen molar-refractivity contribution in [2.24, 2.45) is 0 Å². The maximum atomic E-state index is 7.52. The summed E-state index contributed by atoms with van der Waals surface area (Å²) in [5.74, 6) is 0. The second-order valence-corrected chi connectivity index (χ2v) is 21.7. The van der Waals surface area contributed by atoms with Crippen molar-refractivity contribution in [1.82, 2.24) is 14.1 Å². The molecule has 5 aromatic heterocycles. The highest BCUT2D eigenvalue weighted by Gasteiger charge is 2.45. The molecule has 0 saturated heterocycles. The molecule has 65 heavy (non-hydrogen) atoms. The molecule has 0 unspecified atom stereocenters. The second-order valence-electron chi connectivity index (χ2n) is 17.0. The first-order valence-corrected chi connectivity index (χ1v) is 24.9. The van der Waals surface area contributed by atoms with Crippen LogP contribution in [0.3, 0.4) is 0 Å². The number of pyridine rings is 1. The van der Waals surface area contributed by atoms with Gasteiger partial charge in [-0.1, -0.05) is 176 Å². The summed E-state index contributed by atoms with van der Waals surface area (Å²) in [7, 11) is -3.20. The molecular formula is C59H37N3OSSi. The van der Waals surface area contributed by atoms with Crippen molar-refractivity contribution in [1.29, 1.82) is 0 Å². The van der Waals surface area contributed by atoms with Crippen LogP contribution in [0.5, 0.6) is 0 Å². The van der Waals surface area contributed by atoms with E-state index in [0.717, 1.165) is 49.6 Å². The quantitative estimate of drug-likeness (QED) is 0.123. The van der Waals surface area contributed by atoms with Crippen LogP contribution < -0.4 is 20.7 Å². The normalized spacial score (nSPS) is 12.3. The lowest BCUT2D eigenvalue weighted by Crippen LogP contribution is -2.74. The van der Waals surface area contributed by atoms with Gasteiger partial charge in [-0.25, -0.2) is 0 Å². The molecule has 0 fully saturated rings. The summed E-state index contributed by atoms with van der Waals surface area (Å²) in [5, 5.41) is 13.6. The van der Waals surface area contributed by atoms with Crippen LogP contribution in [0, 0.1) is 0 Å². The van der Waals surface area contributed by atoms with Gasteiger partial charge in [-0.2, -0.15) is 0 Å². The maximum absolute atomic E-state index is 7.52. The fourth-order valence-electron chi connectivity index (χ4n) is 11.1. The Morgan fingerprint density at radius 1 is 0.354 bits per heavy atom. The first-order chi connectivity index (χ1) is 32.3. The predicted molar refractivity (Wildman–Crippen MR) is 277 cm³/mol. The van der Waals surface area contributed by atoms with Gasteiger partial charge in [0, 0.05) is 48.6 Å². The van der Waals surface area contributed by atoms with Crippen molar-refractivity contribution in [2.75, 3.05) is 0 Å². The maximum Gasteiger partial charge on any atom is 0.185 e. The van der Waals surface area contributed by atoms with Crippen molar-refractivity contribution >= 4 is 126 Å². The Morgan fingerprint density at radius 3 is 1.51 bits per heavy atom. The van der Waals surface area contributed by atoms with Gasteiger partial charge in [0.15, 0.2) is 13.7 Å². The molecule has 0 saturated carbocycles. The number of thiophene rings is 1. The fraction of sp³-hybridized carbons (Fsp3) is 0. The zero-order chi connectivity index (χ0) is 42.6. The number of para-hydroxylation sites is 5. The van der Waals surface area contributed by atoms with Crippen molar-refractivity contribution in [3.05, 3.63) is 225 Å². The summed E-state index contributed by atoms with van der Waals surface area (Å²) in [6.07, 6.45) is 1.88. The molecule has 0 spiro atoms. The summed E-state index contributed by atoms with van der Waals surface area (Å²) in [6, 6.07) is 80.2. The fourth-order valence-corrected chi connectivity index (χ4v) is 17.9. The number of aromatic nitrogens is 3. The lowest BCUT2D eigenvalue weighted by atomic mass is 10.1. The molecule has 0 atom stereocenters. The number of hydrogen-bond donors (Lipinski definition) is 0. The van der Waals surface area contributed by atoms with Gasteiger partial charge in [0.25, 0.3) is 0 Å². The average Bonchev–Trinajstić information content (AvgIpc) is 4.14. The lowest BCUT2D eigenvalue weighted by molar-refractivity contribution is 0.668. The largest absolute Gasteiger partial charge is 0.454 e. The predicted octanol–water partition coefficient (Wildman–Crippen LogP) is 12.9. The van der Waals surface area contributed by atoms with E-state index in [1.807, 2.05) is 23.6 Å². The Labute approximate surface area is 378 Å². The van der Waals surface area contributed by atoms with Gasteiger partial charge in [0.1, 0.15) is 5.58 Å². The first-order valence-electron chi connectivity index (χ1n) is 22.1. The smallest absolute Gasteiger partial charge is 0.185 e. The molecule has 4 nitrogen and oxygen atoms in total. The van der Waals surface area contributed by atoms with Crippen LogP contribution in [0.2, 0.25) is 0 Å². The van der Waals surface area contributed by atoms with Crippen molar-refractivity contribution in [3.63, 3.8) is 0 Å². The van der Waals surface area contributed by atoms with Gasteiger partial charge in [-0.3, -0.25) is 4.98 Å². The van der Waals surface area contributed by atoms with Crippen LogP contribution in [0.4, 0.5) is 0 Å². The summed E-state index contributed by atoms with van der Waals surface area (Å²) < 4.78 is 14.9. The van der Waals surface area contributed by atoms with Crippen LogP contribution in [0.15, 0.2) is 229 Å². The molecule has 6 heteroatoms. The van der Waals surface area contributed by atoms with Gasteiger partial charge >= 0.3 is 0 Å². The van der Waals surface area contributed by atoms with Crippen molar-refractivity contribution in [3.8, 4) is 11.4 Å². The van der Waals surface area contributed by atoms with E-state index in [2.05, 4.69) is 221 Å². The van der Waals surface area contributed by atoms with Gasteiger partial charge in [-0.05, 0) is 63.2 Å². The van der Waals surface area contributed by atoms with Crippen LogP contribution in [0.1, 0.15) is 0 Å². The Bertz CT molecular complexity index is 3820. The molecule has 0 bridgehead atoms.